The molecule has 0 aliphatic heterocycles. The van der Waals surface area contributed by atoms with Crippen LogP contribution in [0.5, 0.6) is 0 Å². The van der Waals surface area contributed by atoms with Crippen molar-refractivity contribution in [2.45, 2.75) is 25.0 Å². The number of ketones is 1. The van der Waals surface area contributed by atoms with Gasteiger partial charge in [0, 0.05) is 0 Å². The lowest BCUT2D eigenvalue weighted by Gasteiger charge is -1.95. The van der Waals surface area contributed by atoms with Crippen LogP contribution in [0.1, 0.15) is 12.8 Å². The number of hydrogen-bond acceptors (Lipinski definition) is 3. The maximum Gasteiger partial charge on any atom is 0.189 e. The van der Waals surface area contributed by atoms with Gasteiger partial charge in [-0.3, -0.25) is 4.79 Å². The van der Waals surface area contributed by atoms with Gasteiger partial charge in [0.05, 0.1) is 0 Å². The standard InChI is InChI=1S/C5H8O3/c6-3-1-2-4(7)5(3)8/h3-4,6-7H,1-2H2/t3-,4-/m0/s1. The average molecular weight is 116 g/mol. The smallest absolute Gasteiger partial charge is 0.189 e. The lowest BCUT2D eigenvalue weighted by atomic mass is 10.3. The van der Waals surface area contributed by atoms with E-state index in [4.69, 9.17) is 10.2 Å². The van der Waals surface area contributed by atoms with E-state index in [1.807, 2.05) is 0 Å². The zero-order chi connectivity index (χ0) is 6.15. The molecular formula is C5H8O3. The molecule has 1 aliphatic rings. The first kappa shape index (κ1) is 5.72. The Morgan fingerprint density at radius 1 is 1.25 bits per heavy atom. The normalized spacial score (nSPS) is 38.5. The third-order valence-electron chi connectivity index (χ3n) is 1.37. The fourth-order valence-corrected chi connectivity index (χ4v) is 0.822. The quantitative estimate of drug-likeness (QED) is 0.430. The summed E-state index contributed by atoms with van der Waals surface area (Å²) in [6.45, 7) is 0. The molecule has 8 heavy (non-hydrogen) atoms. The first-order valence-corrected chi connectivity index (χ1v) is 2.61. The van der Waals surface area contributed by atoms with Gasteiger partial charge in [-0.25, -0.2) is 0 Å². The number of hydrogen-bond donors (Lipinski definition) is 2. The van der Waals surface area contributed by atoms with E-state index in [-0.39, 0.29) is 0 Å². The van der Waals surface area contributed by atoms with Gasteiger partial charge in [-0.05, 0) is 12.8 Å². The molecule has 0 amide bonds. The van der Waals surface area contributed by atoms with Crippen molar-refractivity contribution >= 4 is 5.78 Å². The average Bonchev–Trinajstić information content (AvgIpc) is 1.98. The Kier molecular flexibility index (Phi) is 1.31. The fourth-order valence-electron chi connectivity index (χ4n) is 0.822. The van der Waals surface area contributed by atoms with Gasteiger partial charge in [0.2, 0.25) is 0 Å². The van der Waals surface area contributed by atoms with Crippen LogP contribution in [-0.2, 0) is 4.79 Å². The van der Waals surface area contributed by atoms with Crippen LogP contribution >= 0.6 is 0 Å². The van der Waals surface area contributed by atoms with Crippen LogP contribution in [0.4, 0.5) is 0 Å². The minimum Gasteiger partial charge on any atom is -0.385 e. The number of carbonyl (C=O) groups excluding carboxylic acids is 1. The van der Waals surface area contributed by atoms with E-state index in [2.05, 4.69) is 0 Å². The Bertz CT molecular complexity index is 98.2. The van der Waals surface area contributed by atoms with Gasteiger partial charge >= 0.3 is 0 Å². The number of carbonyl (C=O) groups is 1. The van der Waals surface area contributed by atoms with E-state index in [9.17, 15) is 4.79 Å². The summed E-state index contributed by atoms with van der Waals surface area (Å²) in [6, 6.07) is 0. The largest absolute Gasteiger partial charge is 0.385 e. The molecule has 0 heterocycles. The van der Waals surface area contributed by atoms with Crippen molar-refractivity contribution < 1.29 is 15.0 Å². The Morgan fingerprint density at radius 2 is 1.62 bits per heavy atom. The Balaban J connectivity index is 2.57. The summed E-state index contributed by atoms with van der Waals surface area (Å²) < 4.78 is 0. The van der Waals surface area contributed by atoms with Crippen molar-refractivity contribution in [3.63, 3.8) is 0 Å². The lowest BCUT2D eigenvalue weighted by Crippen LogP contribution is -2.21. The molecular weight excluding hydrogens is 108 g/mol. The Hall–Kier alpha value is -0.410. The molecule has 2 N–H and O–H groups in total. The van der Waals surface area contributed by atoms with E-state index < -0.39 is 18.0 Å². The van der Waals surface area contributed by atoms with E-state index in [1.54, 1.807) is 0 Å². The van der Waals surface area contributed by atoms with Crippen LogP contribution in [0, 0.1) is 0 Å². The van der Waals surface area contributed by atoms with E-state index >= 15 is 0 Å². The predicted octanol–water partition coefficient (Wildman–Crippen LogP) is -0.929. The van der Waals surface area contributed by atoms with Gasteiger partial charge in [0.1, 0.15) is 12.2 Å². The van der Waals surface area contributed by atoms with Crippen molar-refractivity contribution in [2.75, 3.05) is 0 Å². The number of rotatable bonds is 0. The molecule has 3 heteroatoms. The highest BCUT2D eigenvalue weighted by Crippen LogP contribution is 2.14. The topological polar surface area (TPSA) is 57.5 Å². The van der Waals surface area contributed by atoms with Gasteiger partial charge in [-0.15, -0.1) is 0 Å². The molecule has 1 rings (SSSR count). The Labute approximate surface area is 46.9 Å². The molecule has 0 spiro atoms. The maximum absolute atomic E-state index is 10.4. The van der Waals surface area contributed by atoms with Crippen molar-refractivity contribution in [2.24, 2.45) is 0 Å². The predicted molar refractivity (Wildman–Crippen MR) is 26.3 cm³/mol. The third-order valence-corrected chi connectivity index (χ3v) is 1.37. The Morgan fingerprint density at radius 3 is 1.75 bits per heavy atom. The summed E-state index contributed by atoms with van der Waals surface area (Å²) in [4.78, 5) is 10.4. The molecule has 0 saturated heterocycles. The van der Waals surface area contributed by atoms with E-state index in [0.29, 0.717) is 12.8 Å². The first-order chi connectivity index (χ1) is 3.72. The molecule has 3 nitrogen and oxygen atoms in total. The lowest BCUT2D eigenvalue weighted by molar-refractivity contribution is -0.130. The molecule has 0 unspecified atom stereocenters. The van der Waals surface area contributed by atoms with E-state index in [0.717, 1.165) is 0 Å². The summed E-state index contributed by atoms with van der Waals surface area (Å²) >= 11 is 0. The molecule has 1 saturated carbocycles. The number of Topliss-reactive ketones (excluding diaryl/α,β-unsaturated/α-hetero) is 1. The summed E-state index contributed by atoms with van der Waals surface area (Å²) in [5, 5.41) is 17.3. The highest BCUT2D eigenvalue weighted by molar-refractivity contribution is 5.88. The minimum absolute atomic E-state index is 0.417. The van der Waals surface area contributed by atoms with Crippen LogP contribution in [0.3, 0.4) is 0 Å². The second kappa shape index (κ2) is 1.84. The molecule has 1 fully saturated rings. The molecule has 0 bridgehead atoms. The van der Waals surface area contributed by atoms with Gasteiger partial charge in [-0.1, -0.05) is 0 Å². The third kappa shape index (κ3) is 0.743. The van der Waals surface area contributed by atoms with Gasteiger partial charge < -0.3 is 10.2 Å². The SMILES string of the molecule is O=C1[C@@H](O)CC[C@@H]1O. The van der Waals surface area contributed by atoms with E-state index in [1.165, 1.54) is 0 Å². The van der Waals surface area contributed by atoms with Crippen molar-refractivity contribution in [1.29, 1.82) is 0 Å². The van der Waals surface area contributed by atoms with Gasteiger partial charge in [0.15, 0.2) is 5.78 Å². The van der Waals surface area contributed by atoms with Crippen molar-refractivity contribution in [3.8, 4) is 0 Å². The highest BCUT2D eigenvalue weighted by atomic mass is 16.3. The van der Waals surface area contributed by atoms with Crippen LogP contribution in [0.2, 0.25) is 0 Å². The number of aliphatic hydroxyl groups excluding tert-OH is 2. The van der Waals surface area contributed by atoms with Crippen LogP contribution in [-0.4, -0.2) is 28.2 Å². The molecule has 0 aromatic carbocycles. The van der Waals surface area contributed by atoms with Crippen molar-refractivity contribution in [1.82, 2.24) is 0 Å². The summed E-state index contributed by atoms with van der Waals surface area (Å²) in [7, 11) is 0. The van der Waals surface area contributed by atoms with Crippen molar-refractivity contribution in [3.05, 3.63) is 0 Å². The summed E-state index contributed by atoms with van der Waals surface area (Å²) in [5.41, 5.74) is 0. The molecule has 46 valence electrons. The van der Waals surface area contributed by atoms with Crippen LogP contribution in [0.15, 0.2) is 0 Å². The maximum atomic E-state index is 10.4. The fraction of sp³-hybridized carbons (Fsp3) is 0.800. The number of aliphatic hydroxyl groups is 2. The zero-order valence-electron chi connectivity index (χ0n) is 4.37. The van der Waals surface area contributed by atoms with Crippen LogP contribution < -0.4 is 0 Å². The molecule has 0 aromatic heterocycles. The summed E-state index contributed by atoms with van der Waals surface area (Å²) in [6.07, 6.45) is -0.963. The minimum atomic E-state index is -0.898. The molecule has 0 radical (unpaired) electrons. The molecule has 2 atom stereocenters. The van der Waals surface area contributed by atoms with Crippen LogP contribution in [0.25, 0.3) is 0 Å². The van der Waals surface area contributed by atoms with Gasteiger partial charge in [-0.2, -0.15) is 0 Å². The molecule has 1 aliphatic carbocycles. The molecule has 0 aromatic rings. The second-order valence-corrected chi connectivity index (χ2v) is 2.01. The zero-order valence-corrected chi connectivity index (χ0v) is 4.37. The summed E-state index contributed by atoms with van der Waals surface area (Å²) in [5.74, 6) is -0.426. The second-order valence-electron chi connectivity index (χ2n) is 2.01. The van der Waals surface area contributed by atoms with Gasteiger partial charge in [0.25, 0.3) is 0 Å². The first-order valence-electron chi connectivity index (χ1n) is 2.61. The monoisotopic (exact) mass is 116 g/mol. The highest BCUT2D eigenvalue weighted by Gasteiger charge is 2.30.